The lowest BCUT2D eigenvalue weighted by atomic mass is 10.0. The molecule has 1 atom stereocenters. The Morgan fingerprint density at radius 2 is 2.10 bits per heavy atom. The van der Waals surface area contributed by atoms with Gasteiger partial charge in [-0.3, -0.25) is 4.68 Å². The molecule has 1 N–H and O–H groups in total. The van der Waals surface area contributed by atoms with Crippen molar-refractivity contribution in [2.75, 3.05) is 27.7 Å². The molecule has 0 aliphatic carbocycles. The summed E-state index contributed by atoms with van der Waals surface area (Å²) in [7, 11) is 6.14. The number of likely N-dealkylation sites (N-methyl/N-ethyl adjacent to an activating group) is 1. The predicted octanol–water partition coefficient (Wildman–Crippen LogP) is 3.12. The molecule has 0 aliphatic heterocycles. The highest BCUT2D eigenvalue weighted by molar-refractivity contribution is 14.1. The fourth-order valence-corrected chi connectivity index (χ4v) is 3.50. The lowest BCUT2D eigenvalue weighted by molar-refractivity contribution is 0.366. The molecule has 0 saturated carbocycles. The molecule has 1 aromatic carbocycles. The zero-order valence-corrected chi connectivity index (χ0v) is 16.2. The van der Waals surface area contributed by atoms with Crippen LogP contribution in [0.4, 0.5) is 0 Å². The molecule has 0 bridgehead atoms. The molecule has 0 fully saturated rings. The van der Waals surface area contributed by atoms with Gasteiger partial charge in [-0.05, 0) is 71.3 Å². The molecule has 0 radical (unpaired) electrons. The van der Waals surface area contributed by atoms with Crippen molar-refractivity contribution in [2.45, 2.75) is 12.6 Å². The van der Waals surface area contributed by atoms with Gasteiger partial charge < -0.3 is 10.2 Å². The van der Waals surface area contributed by atoms with Crippen LogP contribution in [0.1, 0.15) is 17.3 Å². The van der Waals surface area contributed by atoms with Crippen molar-refractivity contribution in [1.82, 2.24) is 20.0 Å². The summed E-state index contributed by atoms with van der Waals surface area (Å²) < 4.78 is 4.37. The molecule has 2 rings (SSSR count). The predicted molar refractivity (Wildman–Crippen MR) is 98.5 cm³/mol. The number of benzene rings is 1. The molecule has 1 heterocycles. The quantitative estimate of drug-likeness (QED) is 0.669. The number of aromatic nitrogens is 2. The normalized spacial score (nSPS) is 12.9. The van der Waals surface area contributed by atoms with E-state index in [0.717, 1.165) is 17.6 Å². The Hall–Kier alpha value is -0.440. The van der Waals surface area contributed by atoms with Gasteiger partial charge in [-0.15, -0.1) is 0 Å². The highest BCUT2D eigenvalue weighted by Crippen LogP contribution is 2.30. The van der Waals surface area contributed by atoms with E-state index in [1.54, 1.807) is 0 Å². The Morgan fingerprint density at radius 3 is 2.71 bits per heavy atom. The van der Waals surface area contributed by atoms with Crippen molar-refractivity contribution in [2.24, 2.45) is 0 Å². The van der Waals surface area contributed by atoms with Gasteiger partial charge in [0.25, 0.3) is 0 Å². The summed E-state index contributed by atoms with van der Waals surface area (Å²) in [6.45, 7) is 1.83. The molecule has 0 spiro atoms. The third-order valence-electron chi connectivity index (χ3n) is 3.37. The maximum Gasteiger partial charge on any atom is 0.0767 e. The minimum Gasteiger partial charge on any atom is -0.308 e. The first-order valence-corrected chi connectivity index (χ1v) is 8.69. The highest BCUT2D eigenvalue weighted by atomic mass is 127. The molecule has 0 aliphatic rings. The smallest absolute Gasteiger partial charge is 0.0767 e. The van der Waals surface area contributed by atoms with Gasteiger partial charge in [0, 0.05) is 10.1 Å². The molecule has 1 aromatic heterocycles. The Labute approximate surface area is 148 Å². The molecule has 21 heavy (non-hydrogen) atoms. The standard InChI is InChI=1S/C15H20BrIN4/c1-18-14(11-6-4-5-7-13(11)17)15-12(16)10-19-21(15)9-8-20(2)3/h4-7,10,14,18H,8-9H2,1-3H3. The molecule has 6 heteroatoms. The van der Waals surface area contributed by atoms with Crippen molar-refractivity contribution in [3.8, 4) is 0 Å². The summed E-state index contributed by atoms with van der Waals surface area (Å²) in [4.78, 5) is 2.17. The average molecular weight is 463 g/mol. The molecule has 2 aromatic rings. The van der Waals surface area contributed by atoms with Crippen LogP contribution in [0.25, 0.3) is 0 Å². The van der Waals surface area contributed by atoms with Crippen molar-refractivity contribution in [1.29, 1.82) is 0 Å². The van der Waals surface area contributed by atoms with Crippen molar-refractivity contribution < 1.29 is 0 Å². The largest absolute Gasteiger partial charge is 0.308 e. The first kappa shape index (κ1) is 16.9. The van der Waals surface area contributed by atoms with Crippen LogP contribution < -0.4 is 5.32 Å². The van der Waals surface area contributed by atoms with Gasteiger partial charge in [0.2, 0.25) is 0 Å². The SMILES string of the molecule is CNC(c1ccccc1I)c1c(Br)cnn1CCN(C)C. The van der Waals surface area contributed by atoms with Gasteiger partial charge in [0.15, 0.2) is 0 Å². The van der Waals surface area contributed by atoms with E-state index in [9.17, 15) is 0 Å². The second kappa shape index (κ2) is 7.71. The topological polar surface area (TPSA) is 33.1 Å². The van der Waals surface area contributed by atoms with E-state index in [4.69, 9.17) is 0 Å². The van der Waals surface area contributed by atoms with Crippen LogP contribution in [0.5, 0.6) is 0 Å². The van der Waals surface area contributed by atoms with Gasteiger partial charge in [0.05, 0.1) is 29.0 Å². The fraction of sp³-hybridized carbons (Fsp3) is 0.400. The van der Waals surface area contributed by atoms with Crippen LogP contribution in [-0.4, -0.2) is 42.4 Å². The van der Waals surface area contributed by atoms with E-state index in [1.165, 1.54) is 14.8 Å². The van der Waals surface area contributed by atoms with Crippen LogP contribution in [0.3, 0.4) is 0 Å². The Balaban J connectivity index is 2.38. The van der Waals surface area contributed by atoms with Crippen molar-refractivity contribution in [3.63, 3.8) is 0 Å². The van der Waals surface area contributed by atoms with Gasteiger partial charge in [-0.1, -0.05) is 18.2 Å². The van der Waals surface area contributed by atoms with E-state index >= 15 is 0 Å². The highest BCUT2D eigenvalue weighted by Gasteiger charge is 2.22. The van der Waals surface area contributed by atoms with Gasteiger partial charge in [-0.25, -0.2) is 0 Å². The number of rotatable bonds is 6. The summed E-state index contributed by atoms with van der Waals surface area (Å²) in [5, 5.41) is 7.93. The molecule has 114 valence electrons. The lowest BCUT2D eigenvalue weighted by Crippen LogP contribution is -2.26. The molecular weight excluding hydrogens is 443 g/mol. The van der Waals surface area contributed by atoms with Crippen LogP contribution in [0, 0.1) is 3.57 Å². The summed E-state index contributed by atoms with van der Waals surface area (Å²) >= 11 is 6.03. The van der Waals surface area contributed by atoms with Crippen LogP contribution in [0.15, 0.2) is 34.9 Å². The third-order valence-corrected chi connectivity index (χ3v) is 4.96. The molecule has 4 nitrogen and oxygen atoms in total. The van der Waals surface area contributed by atoms with Gasteiger partial charge >= 0.3 is 0 Å². The summed E-state index contributed by atoms with van der Waals surface area (Å²) in [5.41, 5.74) is 2.44. The Morgan fingerprint density at radius 1 is 1.38 bits per heavy atom. The number of nitrogens with zero attached hydrogens (tertiary/aromatic N) is 3. The fourth-order valence-electron chi connectivity index (χ4n) is 2.28. The molecule has 0 amide bonds. The first-order valence-electron chi connectivity index (χ1n) is 6.82. The zero-order valence-electron chi connectivity index (χ0n) is 12.5. The van der Waals surface area contributed by atoms with Crippen molar-refractivity contribution in [3.05, 3.63) is 49.8 Å². The van der Waals surface area contributed by atoms with E-state index in [-0.39, 0.29) is 6.04 Å². The Bertz CT molecular complexity index is 597. The lowest BCUT2D eigenvalue weighted by Gasteiger charge is -2.21. The second-order valence-corrected chi connectivity index (χ2v) is 7.16. The monoisotopic (exact) mass is 462 g/mol. The molecule has 0 saturated heterocycles. The zero-order chi connectivity index (χ0) is 15.4. The van der Waals surface area contributed by atoms with E-state index in [0.29, 0.717) is 0 Å². The van der Waals surface area contributed by atoms with Gasteiger partial charge in [-0.2, -0.15) is 5.10 Å². The number of nitrogens with one attached hydrogen (secondary N) is 1. The minimum atomic E-state index is 0.122. The van der Waals surface area contributed by atoms with Crippen LogP contribution >= 0.6 is 38.5 Å². The summed E-state index contributed by atoms with van der Waals surface area (Å²) in [6.07, 6.45) is 1.88. The third kappa shape index (κ3) is 4.06. The minimum absolute atomic E-state index is 0.122. The van der Waals surface area contributed by atoms with Gasteiger partial charge in [0.1, 0.15) is 0 Å². The maximum atomic E-state index is 4.51. The number of halogens is 2. The molecule has 1 unspecified atom stereocenters. The average Bonchev–Trinajstić information content (AvgIpc) is 2.81. The van der Waals surface area contributed by atoms with E-state index < -0.39 is 0 Å². The van der Waals surface area contributed by atoms with Crippen molar-refractivity contribution >= 4 is 38.5 Å². The summed E-state index contributed by atoms with van der Waals surface area (Å²) in [5.74, 6) is 0. The number of hydrogen-bond acceptors (Lipinski definition) is 3. The van der Waals surface area contributed by atoms with Crippen LogP contribution in [0.2, 0.25) is 0 Å². The summed E-state index contributed by atoms with van der Waals surface area (Å²) in [6, 6.07) is 8.57. The first-order chi connectivity index (χ1) is 10.0. The van der Waals surface area contributed by atoms with Crippen LogP contribution in [-0.2, 0) is 6.54 Å². The van der Waals surface area contributed by atoms with E-state index in [1.807, 2.05) is 13.2 Å². The second-order valence-electron chi connectivity index (χ2n) is 5.15. The molecular formula is C15H20BrIN4. The maximum absolute atomic E-state index is 4.51. The van der Waals surface area contributed by atoms with E-state index in [2.05, 4.69) is 96.9 Å². The number of hydrogen-bond donors (Lipinski definition) is 1. The Kier molecular flexibility index (Phi) is 6.21.